The first-order chi connectivity index (χ1) is 6.47. The molecule has 0 aromatic heterocycles. The fourth-order valence-corrected chi connectivity index (χ4v) is 2.07. The highest BCUT2D eigenvalue weighted by atomic mass is 32.2. The van der Waals surface area contributed by atoms with E-state index in [1.165, 1.54) is 0 Å². The van der Waals surface area contributed by atoms with Gasteiger partial charge < -0.3 is 5.73 Å². The number of sulfonamides is 1. The Kier molecular flexibility index (Phi) is 5.69. The largest absolute Gasteiger partial charge is 0.327 e. The average Bonchev–Trinajstić information content (AvgIpc) is 2.15. The maximum Gasteiger partial charge on any atom is 0.228 e. The first-order valence-corrected chi connectivity index (χ1v) is 6.16. The lowest BCUT2D eigenvalue weighted by atomic mass is 10.2. The van der Waals surface area contributed by atoms with Crippen LogP contribution in [0.4, 0.5) is 0 Å². The lowest BCUT2D eigenvalue weighted by Gasteiger charge is -2.13. The predicted octanol–water partition coefficient (Wildman–Crippen LogP) is -0.0547. The molecule has 0 aliphatic rings. The van der Waals surface area contributed by atoms with Gasteiger partial charge in [-0.1, -0.05) is 13.8 Å². The van der Waals surface area contributed by atoms with Crippen LogP contribution in [0.1, 0.15) is 26.7 Å². The monoisotopic (exact) mass is 219 g/mol. The van der Waals surface area contributed by atoms with Crippen molar-refractivity contribution in [2.75, 3.05) is 6.54 Å². The van der Waals surface area contributed by atoms with E-state index in [1.807, 2.05) is 6.92 Å². The molecule has 0 fully saturated rings. The summed E-state index contributed by atoms with van der Waals surface area (Å²) in [5.41, 5.74) is 5.55. The van der Waals surface area contributed by atoms with E-state index in [0.717, 1.165) is 0 Å². The van der Waals surface area contributed by atoms with E-state index in [9.17, 15) is 8.42 Å². The summed E-state index contributed by atoms with van der Waals surface area (Å²) in [6, 6.07) is 1.55. The molecule has 0 radical (unpaired) electrons. The Hall–Kier alpha value is -0.640. The summed E-state index contributed by atoms with van der Waals surface area (Å²) in [4.78, 5) is 0. The molecule has 82 valence electrons. The van der Waals surface area contributed by atoms with Crippen LogP contribution in [0.2, 0.25) is 0 Å². The van der Waals surface area contributed by atoms with Crippen molar-refractivity contribution < 1.29 is 8.42 Å². The zero-order chi connectivity index (χ0) is 11.2. The Morgan fingerprint density at radius 2 is 2.00 bits per heavy atom. The summed E-state index contributed by atoms with van der Waals surface area (Å²) in [6.07, 6.45) is 0.985. The van der Waals surface area contributed by atoms with E-state index in [1.54, 1.807) is 13.0 Å². The molecule has 14 heavy (non-hydrogen) atoms. The molecule has 0 aromatic rings. The number of nitrogens with zero attached hydrogens (tertiary/aromatic N) is 1. The molecule has 0 aliphatic heterocycles. The number of rotatable bonds is 6. The normalized spacial score (nSPS) is 15.9. The molecule has 0 saturated heterocycles. The average molecular weight is 219 g/mol. The molecule has 0 amide bonds. The van der Waals surface area contributed by atoms with Gasteiger partial charge in [0.2, 0.25) is 10.0 Å². The first kappa shape index (κ1) is 13.4. The van der Waals surface area contributed by atoms with Crippen LogP contribution < -0.4 is 10.5 Å². The SMILES string of the molecule is CCC(N)CNS(=O)(=O)C(C#N)CC. The van der Waals surface area contributed by atoms with Gasteiger partial charge in [-0.25, -0.2) is 13.1 Å². The lowest BCUT2D eigenvalue weighted by Crippen LogP contribution is -2.40. The Labute approximate surface area is 85.3 Å². The van der Waals surface area contributed by atoms with Crippen molar-refractivity contribution in [2.45, 2.75) is 38.0 Å². The molecule has 0 heterocycles. The number of hydrogen-bond donors (Lipinski definition) is 2. The van der Waals surface area contributed by atoms with Crippen LogP contribution in [-0.4, -0.2) is 26.3 Å². The van der Waals surface area contributed by atoms with Crippen LogP contribution in [0, 0.1) is 11.3 Å². The van der Waals surface area contributed by atoms with Crippen LogP contribution >= 0.6 is 0 Å². The fraction of sp³-hybridized carbons (Fsp3) is 0.875. The highest BCUT2D eigenvalue weighted by Gasteiger charge is 2.23. The van der Waals surface area contributed by atoms with Crippen molar-refractivity contribution >= 4 is 10.0 Å². The Morgan fingerprint density at radius 1 is 1.43 bits per heavy atom. The van der Waals surface area contributed by atoms with E-state index in [2.05, 4.69) is 4.72 Å². The zero-order valence-corrected chi connectivity index (χ0v) is 9.34. The molecule has 0 aromatic carbocycles. The Morgan fingerprint density at radius 3 is 2.36 bits per heavy atom. The quantitative estimate of drug-likeness (QED) is 0.654. The van der Waals surface area contributed by atoms with Gasteiger partial charge >= 0.3 is 0 Å². The van der Waals surface area contributed by atoms with Crippen molar-refractivity contribution in [1.29, 1.82) is 5.26 Å². The predicted molar refractivity (Wildman–Crippen MR) is 54.9 cm³/mol. The standard InChI is InChI=1S/C8H17N3O2S/c1-3-7(10)6-11-14(12,13)8(4-2)5-9/h7-8,11H,3-4,6,10H2,1-2H3. The van der Waals surface area contributed by atoms with E-state index < -0.39 is 15.3 Å². The van der Waals surface area contributed by atoms with Gasteiger partial charge in [0.15, 0.2) is 5.25 Å². The van der Waals surface area contributed by atoms with Crippen molar-refractivity contribution in [3.63, 3.8) is 0 Å². The third-order valence-corrected chi connectivity index (χ3v) is 3.72. The smallest absolute Gasteiger partial charge is 0.228 e. The van der Waals surface area contributed by atoms with Gasteiger partial charge in [0.1, 0.15) is 0 Å². The van der Waals surface area contributed by atoms with E-state index >= 15 is 0 Å². The molecular weight excluding hydrogens is 202 g/mol. The first-order valence-electron chi connectivity index (χ1n) is 4.61. The van der Waals surface area contributed by atoms with Gasteiger partial charge in [-0.15, -0.1) is 0 Å². The van der Waals surface area contributed by atoms with Crippen LogP contribution in [0.5, 0.6) is 0 Å². The molecule has 2 atom stereocenters. The fourth-order valence-electron chi connectivity index (χ4n) is 0.848. The molecule has 0 saturated carbocycles. The van der Waals surface area contributed by atoms with Gasteiger partial charge in [-0.05, 0) is 12.8 Å². The van der Waals surface area contributed by atoms with Crippen molar-refractivity contribution in [3.05, 3.63) is 0 Å². The van der Waals surface area contributed by atoms with E-state index in [0.29, 0.717) is 6.42 Å². The van der Waals surface area contributed by atoms with Gasteiger partial charge in [0.05, 0.1) is 6.07 Å². The maximum absolute atomic E-state index is 11.4. The molecule has 2 unspecified atom stereocenters. The molecule has 0 rings (SSSR count). The van der Waals surface area contributed by atoms with Crippen LogP contribution in [0.15, 0.2) is 0 Å². The van der Waals surface area contributed by atoms with Gasteiger partial charge in [0, 0.05) is 12.6 Å². The molecule has 0 aliphatic carbocycles. The molecule has 0 bridgehead atoms. The minimum atomic E-state index is -3.52. The highest BCUT2D eigenvalue weighted by Crippen LogP contribution is 2.02. The van der Waals surface area contributed by atoms with E-state index in [4.69, 9.17) is 11.0 Å². The third-order valence-electron chi connectivity index (χ3n) is 1.96. The molecule has 0 spiro atoms. The molecule has 5 nitrogen and oxygen atoms in total. The highest BCUT2D eigenvalue weighted by molar-refractivity contribution is 7.90. The summed E-state index contributed by atoms with van der Waals surface area (Å²) in [6.45, 7) is 3.73. The molecular formula is C8H17N3O2S. The number of nitriles is 1. The van der Waals surface area contributed by atoms with Gasteiger partial charge in [-0.2, -0.15) is 5.26 Å². The third kappa shape index (κ3) is 4.05. The second-order valence-electron chi connectivity index (χ2n) is 3.09. The van der Waals surface area contributed by atoms with Crippen LogP contribution in [-0.2, 0) is 10.0 Å². The summed E-state index contributed by atoms with van der Waals surface area (Å²) in [7, 11) is -3.52. The van der Waals surface area contributed by atoms with Crippen molar-refractivity contribution in [1.82, 2.24) is 4.72 Å². The van der Waals surface area contributed by atoms with Gasteiger partial charge in [0.25, 0.3) is 0 Å². The van der Waals surface area contributed by atoms with Gasteiger partial charge in [-0.3, -0.25) is 0 Å². The number of nitrogens with one attached hydrogen (secondary N) is 1. The minimum Gasteiger partial charge on any atom is -0.327 e. The zero-order valence-electron chi connectivity index (χ0n) is 8.53. The summed E-state index contributed by atoms with van der Waals surface area (Å²) < 4.78 is 25.2. The lowest BCUT2D eigenvalue weighted by molar-refractivity contribution is 0.556. The summed E-state index contributed by atoms with van der Waals surface area (Å²) >= 11 is 0. The summed E-state index contributed by atoms with van der Waals surface area (Å²) in [5.74, 6) is 0. The molecule has 3 N–H and O–H groups in total. The second-order valence-corrected chi connectivity index (χ2v) is 5.04. The van der Waals surface area contributed by atoms with E-state index in [-0.39, 0.29) is 19.0 Å². The second kappa shape index (κ2) is 5.96. The minimum absolute atomic E-state index is 0.191. The molecule has 6 heteroatoms. The number of hydrogen-bond acceptors (Lipinski definition) is 4. The maximum atomic E-state index is 11.4. The van der Waals surface area contributed by atoms with Crippen LogP contribution in [0.3, 0.4) is 0 Å². The summed E-state index contributed by atoms with van der Waals surface area (Å²) in [5, 5.41) is 7.60. The van der Waals surface area contributed by atoms with Crippen molar-refractivity contribution in [3.8, 4) is 6.07 Å². The topological polar surface area (TPSA) is 96.0 Å². The van der Waals surface area contributed by atoms with Crippen molar-refractivity contribution in [2.24, 2.45) is 5.73 Å². The van der Waals surface area contributed by atoms with Crippen LogP contribution in [0.25, 0.3) is 0 Å². The number of nitrogens with two attached hydrogens (primary N) is 1. The Balaban J connectivity index is 4.29. The Bertz CT molecular complexity index is 294.